The first-order chi connectivity index (χ1) is 12.1. The van der Waals surface area contributed by atoms with E-state index >= 15 is 0 Å². The minimum atomic E-state index is -0.553. The Morgan fingerprint density at radius 3 is 2.24 bits per heavy atom. The fourth-order valence-electron chi connectivity index (χ4n) is 2.98. The van der Waals surface area contributed by atoms with Crippen LogP contribution in [0.2, 0.25) is 10.0 Å². The molecule has 0 spiro atoms. The number of halogens is 2. The number of rotatable bonds is 6. The molecular weight excluding hydrogens is 359 g/mol. The number of hydrogen-bond acceptors (Lipinski definition) is 4. The molecule has 1 heterocycles. The second-order valence-electron chi connectivity index (χ2n) is 6.13. The van der Waals surface area contributed by atoms with Crippen molar-refractivity contribution in [1.82, 2.24) is 4.90 Å². The normalized spacial score (nSPS) is 16.7. The zero-order chi connectivity index (χ0) is 17.6. The van der Waals surface area contributed by atoms with E-state index in [-0.39, 0.29) is 6.61 Å². The van der Waals surface area contributed by atoms with Crippen LogP contribution < -0.4 is 9.64 Å². The Balaban J connectivity index is 1.44. The summed E-state index contributed by atoms with van der Waals surface area (Å²) < 4.78 is 5.61. The summed E-state index contributed by atoms with van der Waals surface area (Å²) in [6.45, 7) is 4.36. The van der Waals surface area contributed by atoms with Crippen LogP contribution in [0.25, 0.3) is 0 Å². The molecule has 1 aliphatic rings. The average Bonchev–Trinajstić information content (AvgIpc) is 2.62. The minimum Gasteiger partial charge on any atom is -0.489 e. The van der Waals surface area contributed by atoms with Crippen molar-refractivity contribution in [2.24, 2.45) is 0 Å². The maximum Gasteiger partial charge on any atom is 0.138 e. The average molecular weight is 381 g/mol. The lowest BCUT2D eigenvalue weighted by Gasteiger charge is -2.37. The summed E-state index contributed by atoms with van der Waals surface area (Å²) in [6, 6.07) is 15.2. The third kappa shape index (κ3) is 5.02. The van der Waals surface area contributed by atoms with Gasteiger partial charge in [0.15, 0.2) is 0 Å². The second-order valence-corrected chi connectivity index (χ2v) is 6.95. The van der Waals surface area contributed by atoms with E-state index < -0.39 is 6.10 Å². The summed E-state index contributed by atoms with van der Waals surface area (Å²) in [6.07, 6.45) is -0.553. The Hall–Kier alpha value is -1.46. The van der Waals surface area contributed by atoms with Crippen molar-refractivity contribution in [2.45, 2.75) is 6.10 Å². The van der Waals surface area contributed by atoms with E-state index in [1.54, 1.807) is 12.1 Å². The molecule has 2 aromatic carbocycles. The van der Waals surface area contributed by atoms with Crippen LogP contribution in [0.1, 0.15) is 0 Å². The van der Waals surface area contributed by atoms with Crippen LogP contribution in [0.3, 0.4) is 0 Å². The van der Waals surface area contributed by atoms with Crippen LogP contribution in [0.5, 0.6) is 5.75 Å². The molecule has 134 valence electrons. The van der Waals surface area contributed by atoms with Gasteiger partial charge in [-0.05, 0) is 24.3 Å². The summed E-state index contributed by atoms with van der Waals surface area (Å²) in [4.78, 5) is 4.53. The van der Waals surface area contributed by atoms with Gasteiger partial charge in [0.05, 0.1) is 15.7 Å². The number of nitrogens with zero attached hydrogens (tertiary/aromatic N) is 2. The molecule has 0 radical (unpaired) electrons. The van der Waals surface area contributed by atoms with Crippen molar-refractivity contribution in [3.63, 3.8) is 0 Å². The van der Waals surface area contributed by atoms with Gasteiger partial charge in [-0.15, -0.1) is 0 Å². The molecule has 6 heteroatoms. The third-order valence-corrected chi connectivity index (χ3v) is 4.93. The number of ether oxygens (including phenoxy) is 1. The lowest BCUT2D eigenvalue weighted by atomic mass is 10.2. The lowest BCUT2D eigenvalue weighted by molar-refractivity contribution is 0.0663. The first kappa shape index (κ1) is 18.3. The number of benzene rings is 2. The first-order valence-electron chi connectivity index (χ1n) is 8.40. The van der Waals surface area contributed by atoms with E-state index in [9.17, 15) is 5.11 Å². The fourth-order valence-corrected chi connectivity index (χ4v) is 3.42. The predicted octanol–water partition coefficient (Wildman–Crippen LogP) is 3.56. The van der Waals surface area contributed by atoms with Gasteiger partial charge in [0.1, 0.15) is 18.5 Å². The molecule has 0 unspecified atom stereocenters. The zero-order valence-electron chi connectivity index (χ0n) is 13.9. The van der Waals surface area contributed by atoms with Crippen LogP contribution in [0.4, 0.5) is 5.69 Å². The number of piperazine rings is 1. The Labute approximate surface area is 158 Å². The maximum absolute atomic E-state index is 10.2. The molecule has 3 rings (SSSR count). The molecule has 1 saturated heterocycles. The summed E-state index contributed by atoms with van der Waals surface area (Å²) >= 11 is 12.3. The van der Waals surface area contributed by atoms with E-state index in [0.29, 0.717) is 17.3 Å². The van der Waals surface area contributed by atoms with E-state index in [4.69, 9.17) is 27.9 Å². The van der Waals surface area contributed by atoms with Crippen molar-refractivity contribution in [3.8, 4) is 5.75 Å². The summed E-state index contributed by atoms with van der Waals surface area (Å²) in [5, 5.41) is 11.6. The quantitative estimate of drug-likeness (QED) is 0.830. The van der Waals surface area contributed by atoms with Gasteiger partial charge in [0, 0.05) is 32.7 Å². The Morgan fingerprint density at radius 1 is 0.920 bits per heavy atom. The van der Waals surface area contributed by atoms with E-state index in [1.165, 1.54) is 0 Å². The molecule has 1 atom stereocenters. The molecule has 1 aliphatic heterocycles. The molecule has 1 N–H and O–H groups in total. The maximum atomic E-state index is 10.2. The highest BCUT2D eigenvalue weighted by Gasteiger charge is 2.21. The van der Waals surface area contributed by atoms with Gasteiger partial charge < -0.3 is 14.7 Å². The number of aliphatic hydroxyl groups is 1. The highest BCUT2D eigenvalue weighted by molar-refractivity contribution is 6.33. The van der Waals surface area contributed by atoms with Crippen LogP contribution in [-0.2, 0) is 0 Å². The molecule has 1 fully saturated rings. The molecule has 0 aromatic heterocycles. The largest absolute Gasteiger partial charge is 0.489 e. The molecule has 0 saturated carbocycles. The second kappa shape index (κ2) is 8.77. The number of anilines is 1. The van der Waals surface area contributed by atoms with Gasteiger partial charge in [-0.2, -0.15) is 0 Å². The van der Waals surface area contributed by atoms with Gasteiger partial charge in [0.25, 0.3) is 0 Å². The van der Waals surface area contributed by atoms with Crippen molar-refractivity contribution in [3.05, 3.63) is 58.6 Å². The summed E-state index contributed by atoms with van der Waals surface area (Å²) in [5.74, 6) is 0.603. The van der Waals surface area contributed by atoms with Crippen molar-refractivity contribution in [1.29, 1.82) is 0 Å². The number of hydrogen-bond donors (Lipinski definition) is 1. The third-order valence-electron chi connectivity index (χ3n) is 4.30. The molecule has 0 amide bonds. The number of β-amino-alcohol motifs (C(OH)–C–C–N with tert-alkyl or cyclic N) is 1. The highest BCUT2D eigenvalue weighted by atomic mass is 35.5. The van der Waals surface area contributed by atoms with Gasteiger partial charge in [0.2, 0.25) is 0 Å². The smallest absolute Gasteiger partial charge is 0.138 e. The first-order valence-corrected chi connectivity index (χ1v) is 9.16. The Kier molecular flexibility index (Phi) is 6.43. The van der Waals surface area contributed by atoms with Crippen LogP contribution >= 0.6 is 23.2 Å². The van der Waals surface area contributed by atoms with Crippen LogP contribution in [0.15, 0.2) is 48.5 Å². The van der Waals surface area contributed by atoms with E-state index in [0.717, 1.165) is 36.9 Å². The van der Waals surface area contributed by atoms with Gasteiger partial charge >= 0.3 is 0 Å². The monoisotopic (exact) mass is 380 g/mol. The Morgan fingerprint density at radius 2 is 1.56 bits per heavy atom. The molecule has 4 nitrogen and oxygen atoms in total. The standard InChI is InChI=1S/C19H22Cl2N2O2/c20-16-5-1-3-7-18(16)23-11-9-22(10-12-23)13-15(24)14-25-19-8-4-2-6-17(19)21/h1-8,15,24H,9-14H2/t15-/m1/s1. The summed E-state index contributed by atoms with van der Waals surface area (Å²) in [5.41, 5.74) is 1.08. The van der Waals surface area contributed by atoms with E-state index in [2.05, 4.69) is 9.80 Å². The zero-order valence-corrected chi connectivity index (χ0v) is 15.5. The number of aliphatic hydroxyl groups excluding tert-OH is 1. The van der Waals surface area contributed by atoms with Gasteiger partial charge in [-0.25, -0.2) is 0 Å². The lowest BCUT2D eigenvalue weighted by Crippen LogP contribution is -2.49. The molecule has 0 bridgehead atoms. The number of para-hydroxylation sites is 2. The molecular formula is C19H22Cl2N2O2. The molecule has 2 aromatic rings. The molecule has 25 heavy (non-hydrogen) atoms. The minimum absolute atomic E-state index is 0.231. The topological polar surface area (TPSA) is 35.9 Å². The van der Waals surface area contributed by atoms with Gasteiger partial charge in [-0.3, -0.25) is 4.90 Å². The highest BCUT2D eigenvalue weighted by Crippen LogP contribution is 2.26. The predicted molar refractivity (Wildman–Crippen MR) is 103 cm³/mol. The Bertz CT molecular complexity index is 691. The SMILES string of the molecule is O[C@@H](COc1ccccc1Cl)CN1CCN(c2ccccc2Cl)CC1. The van der Waals surface area contributed by atoms with Crippen molar-refractivity contribution >= 4 is 28.9 Å². The molecule has 0 aliphatic carbocycles. The van der Waals surface area contributed by atoms with Gasteiger partial charge in [-0.1, -0.05) is 47.5 Å². The van der Waals surface area contributed by atoms with Crippen molar-refractivity contribution in [2.75, 3.05) is 44.2 Å². The summed E-state index contributed by atoms with van der Waals surface area (Å²) in [7, 11) is 0. The van der Waals surface area contributed by atoms with Crippen molar-refractivity contribution < 1.29 is 9.84 Å². The van der Waals surface area contributed by atoms with Crippen LogP contribution in [0, 0.1) is 0 Å². The van der Waals surface area contributed by atoms with Crippen LogP contribution in [-0.4, -0.2) is 55.4 Å². The van der Waals surface area contributed by atoms with E-state index in [1.807, 2.05) is 36.4 Å². The fraction of sp³-hybridized carbons (Fsp3) is 0.368.